The lowest BCUT2D eigenvalue weighted by molar-refractivity contribution is 0.0836. The third-order valence-corrected chi connectivity index (χ3v) is 3.91. The number of aromatic amines is 1. The van der Waals surface area contributed by atoms with Gasteiger partial charge in [-0.1, -0.05) is 23.5 Å². The molecule has 0 saturated heterocycles. The van der Waals surface area contributed by atoms with Crippen LogP contribution in [-0.2, 0) is 0 Å². The summed E-state index contributed by atoms with van der Waals surface area (Å²) >= 11 is 6.47. The number of aromatic nitrogens is 4. The van der Waals surface area contributed by atoms with Crippen molar-refractivity contribution in [3.05, 3.63) is 34.0 Å². The number of nitrogens with zero attached hydrogens (tertiary/aromatic N) is 3. The summed E-state index contributed by atoms with van der Waals surface area (Å²) < 4.78 is 14.0. The summed E-state index contributed by atoms with van der Waals surface area (Å²) in [5, 5.41) is 11.2. The summed E-state index contributed by atoms with van der Waals surface area (Å²) in [6, 6.07) is 7.56. The lowest BCUT2D eigenvalue weighted by Crippen LogP contribution is -2.23. The van der Waals surface area contributed by atoms with Crippen molar-refractivity contribution in [1.82, 2.24) is 19.8 Å². The van der Waals surface area contributed by atoms with E-state index in [1.54, 1.807) is 4.52 Å². The summed E-state index contributed by atoms with van der Waals surface area (Å²) in [7, 11) is 0. The molecule has 0 bridgehead atoms. The minimum atomic E-state index is -0.301. The fourth-order valence-electron chi connectivity index (χ4n) is 2.00. The average molecular weight is 292 g/mol. The first-order valence-corrected chi connectivity index (χ1v) is 6.86. The molecule has 1 atom stereocenters. The smallest absolute Gasteiger partial charge is 0.234 e. The highest BCUT2D eigenvalue weighted by atomic mass is 32.1. The molecule has 19 heavy (non-hydrogen) atoms. The molecule has 0 saturated carbocycles. The molecule has 1 N–H and O–H groups in total. The van der Waals surface area contributed by atoms with Crippen LogP contribution in [-0.4, -0.2) is 26.4 Å². The Balaban J connectivity index is 1.76. The predicted octanol–water partition coefficient (Wildman–Crippen LogP) is 2.36. The number of H-pyrrole nitrogens is 1. The van der Waals surface area contributed by atoms with Gasteiger partial charge in [0.1, 0.15) is 6.61 Å². The van der Waals surface area contributed by atoms with Crippen LogP contribution in [0.4, 0.5) is 0 Å². The Morgan fingerprint density at radius 3 is 3.05 bits per heavy atom. The van der Waals surface area contributed by atoms with Gasteiger partial charge in [-0.05, 0) is 24.4 Å². The maximum absolute atomic E-state index is 5.90. The van der Waals surface area contributed by atoms with E-state index in [9.17, 15) is 0 Å². The van der Waals surface area contributed by atoms with Crippen LogP contribution in [0.15, 0.2) is 24.3 Å². The van der Waals surface area contributed by atoms with Gasteiger partial charge in [0.25, 0.3) is 0 Å². The van der Waals surface area contributed by atoms with Crippen LogP contribution in [0.3, 0.4) is 0 Å². The Hall–Kier alpha value is -1.93. The van der Waals surface area contributed by atoms with E-state index in [1.165, 1.54) is 11.3 Å². The second kappa shape index (κ2) is 4.04. The number of benzene rings is 1. The summed E-state index contributed by atoms with van der Waals surface area (Å²) in [6.45, 7) is 0.397. The van der Waals surface area contributed by atoms with Crippen molar-refractivity contribution in [3.63, 3.8) is 0 Å². The second-order valence-electron chi connectivity index (χ2n) is 4.04. The summed E-state index contributed by atoms with van der Waals surface area (Å²) in [5.74, 6) is 2.12. The quantitative estimate of drug-likeness (QED) is 0.698. The van der Waals surface area contributed by atoms with E-state index in [0.717, 1.165) is 10.7 Å². The molecule has 0 amide bonds. The summed E-state index contributed by atoms with van der Waals surface area (Å²) in [4.78, 5) is 0.724. The zero-order valence-electron chi connectivity index (χ0n) is 9.57. The lowest BCUT2D eigenvalue weighted by atomic mass is 10.2. The fourth-order valence-corrected chi connectivity index (χ4v) is 2.93. The van der Waals surface area contributed by atoms with E-state index in [-0.39, 0.29) is 6.10 Å². The van der Waals surface area contributed by atoms with Crippen molar-refractivity contribution in [1.29, 1.82) is 0 Å². The topological polar surface area (TPSA) is 64.4 Å². The van der Waals surface area contributed by atoms with E-state index in [4.69, 9.17) is 21.7 Å². The molecule has 1 aromatic carbocycles. The van der Waals surface area contributed by atoms with E-state index in [2.05, 4.69) is 15.3 Å². The molecular weight excluding hydrogens is 284 g/mol. The average Bonchev–Trinajstić information content (AvgIpc) is 2.97. The van der Waals surface area contributed by atoms with Crippen molar-refractivity contribution in [3.8, 4) is 11.5 Å². The van der Waals surface area contributed by atoms with Crippen molar-refractivity contribution in [2.75, 3.05) is 6.61 Å². The first-order valence-electron chi connectivity index (χ1n) is 5.64. The van der Waals surface area contributed by atoms with Crippen LogP contribution in [0.2, 0.25) is 0 Å². The van der Waals surface area contributed by atoms with Gasteiger partial charge in [-0.25, -0.2) is 4.52 Å². The van der Waals surface area contributed by atoms with Crippen LogP contribution in [0.1, 0.15) is 11.9 Å². The maximum atomic E-state index is 5.90. The molecule has 2 aromatic heterocycles. The molecule has 0 fully saturated rings. The van der Waals surface area contributed by atoms with E-state index < -0.39 is 0 Å². The minimum Gasteiger partial charge on any atom is -0.485 e. The number of hydrogen-bond acceptors (Lipinski definition) is 6. The van der Waals surface area contributed by atoms with Crippen LogP contribution >= 0.6 is 23.6 Å². The fraction of sp³-hybridized carbons (Fsp3) is 0.182. The Kier molecular flexibility index (Phi) is 2.32. The molecular formula is C11H8N4O2S2. The largest absolute Gasteiger partial charge is 0.485 e. The SMILES string of the molecule is S=c1[nH]n2c([C@@H]3COc4ccccc4O3)nnc2s1. The first kappa shape index (κ1) is 10.9. The van der Waals surface area contributed by atoms with Gasteiger partial charge in [0, 0.05) is 0 Å². The molecule has 0 unspecified atom stereocenters. The van der Waals surface area contributed by atoms with E-state index in [1.807, 2.05) is 24.3 Å². The number of hydrogen-bond donors (Lipinski definition) is 1. The molecule has 4 rings (SSSR count). The van der Waals surface area contributed by atoms with Crippen molar-refractivity contribution < 1.29 is 9.47 Å². The van der Waals surface area contributed by atoms with Gasteiger partial charge < -0.3 is 9.47 Å². The van der Waals surface area contributed by atoms with Gasteiger partial charge in [-0.2, -0.15) is 0 Å². The maximum Gasteiger partial charge on any atom is 0.234 e. The van der Waals surface area contributed by atoms with Gasteiger partial charge in [0.15, 0.2) is 27.4 Å². The van der Waals surface area contributed by atoms with Crippen LogP contribution in [0.25, 0.3) is 4.96 Å². The minimum absolute atomic E-state index is 0.301. The number of ether oxygens (including phenoxy) is 2. The molecule has 3 aromatic rings. The second-order valence-corrected chi connectivity index (χ2v) is 5.69. The highest BCUT2D eigenvalue weighted by molar-refractivity contribution is 7.73. The first-order chi connectivity index (χ1) is 9.31. The van der Waals surface area contributed by atoms with Gasteiger partial charge >= 0.3 is 0 Å². The third kappa shape index (κ3) is 1.71. The van der Waals surface area contributed by atoms with Gasteiger partial charge in [-0.3, -0.25) is 5.10 Å². The van der Waals surface area contributed by atoms with Crippen molar-refractivity contribution in [2.45, 2.75) is 6.10 Å². The molecule has 0 spiro atoms. The van der Waals surface area contributed by atoms with Gasteiger partial charge in [0.2, 0.25) is 4.96 Å². The third-order valence-electron chi connectivity index (χ3n) is 2.84. The van der Waals surface area contributed by atoms with E-state index in [0.29, 0.717) is 22.1 Å². The molecule has 1 aliphatic rings. The molecule has 8 heteroatoms. The molecule has 3 heterocycles. The number of nitrogens with one attached hydrogen (secondary N) is 1. The van der Waals surface area contributed by atoms with Crippen molar-refractivity contribution >= 4 is 28.5 Å². The zero-order valence-corrected chi connectivity index (χ0v) is 11.2. The van der Waals surface area contributed by atoms with E-state index >= 15 is 0 Å². The summed E-state index contributed by atoms with van der Waals surface area (Å²) in [6.07, 6.45) is -0.301. The molecule has 0 aliphatic carbocycles. The van der Waals surface area contributed by atoms with Crippen LogP contribution in [0.5, 0.6) is 11.5 Å². The Labute approximate surface area is 116 Å². The number of fused-ring (bicyclic) bond motifs is 2. The normalized spacial score (nSPS) is 17.8. The molecule has 1 aliphatic heterocycles. The lowest BCUT2D eigenvalue weighted by Gasteiger charge is -2.24. The monoisotopic (exact) mass is 292 g/mol. The Bertz CT molecular complexity index is 806. The van der Waals surface area contributed by atoms with Gasteiger partial charge in [-0.15, -0.1) is 10.2 Å². The number of para-hydroxylation sites is 2. The molecule has 0 radical (unpaired) electrons. The van der Waals surface area contributed by atoms with Crippen LogP contribution in [0, 0.1) is 3.95 Å². The van der Waals surface area contributed by atoms with Crippen LogP contribution < -0.4 is 9.47 Å². The molecule has 96 valence electrons. The van der Waals surface area contributed by atoms with Crippen molar-refractivity contribution in [2.24, 2.45) is 0 Å². The standard InChI is InChI=1S/C11H8N4O2S2/c18-11-14-15-9(12-13-10(15)19-11)8-5-16-6-3-1-2-4-7(6)17-8/h1-4,8H,5H2,(H,14,18)/t8-/m0/s1. The summed E-state index contributed by atoms with van der Waals surface area (Å²) in [5.41, 5.74) is 0. The number of rotatable bonds is 1. The highest BCUT2D eigenvalue weighted by Crippen LogP contribution is 2.35. The molecule has 6 nitrogen and oxygen atoms in total. The van der Waals surface area contributed by atoms with Gasteiger partial charge in [0.05, 0.1) is 0 Å². The Morgan fingerprint density at radius 1 is 1.32 bits per heavy atom. The highest BCUT2D eigenvalue weighted by Gasteiger charge is 2.27. The Morgan fingerprint density at radius 2 is 2.16 bits per heavy atom. The predicted molar refractivity (Wildman–Crippen MR) is 71.4 cm³/mol. The zero-order chi connectivity index (χ0) is 12.8.